The molecule has 0 spiro atoms. The van der Waals surface area contributed by atoms with Crippen LogP contribution in [0.15, 0.2) is 85.2 Å². The van der Waals surface area contributed by atoms with Gasteiger partial charge in [-0.1, -0.05) is 66.7 Å². The Labute approximate surface area is 157 Å². The number of ether oxygens (including phenoxy) is 2. The van der Waals surface area contributed by atoms with Crippen molar-refractivity contribution >= 4 is 11.9 Å². The summed E-state index contributed by atoms with van der Waals surface area (Å²) in [5.74, 6) is -2.57. The summed E-state index contributed by atoms with van der Waals surface area (Å²) in [6.07, 6.45) is 2.40. The van der Waals surface area contributed by atoms with Gasteiger partial charge >= 0.3 is 11.9 Å². The second kappa shape index (κ2) is 8.76. The van der Waals surface area contributed by atoms with Crippen molar-refractivity contribution in [3.05, 3.63) is 102 Å². The van der Waals surface area contributed by atoms with E-state index in [-0.39, 0.29) is 0 Å². The molecule has 1 atom stereocenters. The minimum Gasteiger partial charge on any atom is -0.468 e. The molecule has 1 heterocycles. The number of rotatable bonds is 6. The fourth-order valence-corrected chi connectivity index (χ4v) is 2.80. The first-order valence-electron chi connectivity index (χ1n) is 8.49. The first-order chi connectivity index (χ1) is 13.2. The van der Waals surface area contributed by atoms with Gasteiger partial charge < -0.3 is 9.47 Å². The maximum Gasteiger partial charge on any atom is 0.325 e. The summed E-state index contributed by atoms with van der Waals surface area (Å²) in [5.41, 5.74) is 2.05. The molecule has 0 saturated carbocycles. The molecule has 1 aromatic heterocycles. The Morgan fingerprint density at radius 2 is 1.33 bits per heavy atom. The third-order valence-corrected chi connectivity index (χ3v) is 4.13. The van der Waals surface area contributed by atoms with Crippen LogP contribution in [-0.2, 0) is 19.1 Å². The van der Waals surface area contributed by atoms with Crippen molar-refractivity contribution in [1.29, 1.82) is 0 Å². The molecule has 0 radical (unpaired) electrons. The van der Waals surface area contributed by atoms with E-state index in [4.69, 9.17) is 9.47 Å². The van der Waals surface area contributed by atoms with E-state index in [0.717, 1.165) is 11.1 Å². The lowest BCUT2D eigenvalue weighted by molar-refractivity contribution is -0.158. The number of benzene rings is 2. The Hall–Kier alpha value is -3.47. The number of hydrogen-bond donors (Lipinski definition) is 0. The van der Waals surface area contributed by atoms with Crippen LogP contribution in [0.3, 0.4) is 0 Å². The highest BCUT2D eigenvalue weighted by Gasteiger charge is 2.33. The molecule has 0 aliphatic carbocycles. The summed E-state index contributed by atoms with van der Waals surface area (Å²) >= 11 is 0. The first kappa shape index (κ1) is 18.3. The van der Waals surface area contributed by atoms with Crippen molar-refractivity contribution in [3.63, 3.8) is 0 Å². The van der Waals surface area contributed by atoms with Crippen molar-refractivity contribution in [2.75, 3.05) is 7.11 Å². The Morgan fingerprint density at radius 1 is 0.778 bits per heavy atom. The predicted octanol–water partition coefficient (Wildman–Crippen LogP) is 3.67. The topological polar surface area (TPSA) is 65.5 Å². The van der Waals surface area contributed by atoms with Crippen molar-refractivity contribution < 1.29 is 19.1 Å². The minimum absolute atomic E-state index is 0.425. The Balaban J connectivity index is 1.94. The summed E-state index contributed by atoms with van der Waals surface area (Å²) in [7, 11) is 1.24. The quantitative estimate of drug-likeness (QED) is 0.495. The van der Waals surface area contributed by atoms with Gasteiger partial charge in [-0.3, -0.25) is 14.6 Å². The minimum atomic E-state index is -1.20. The monoisotopic (exact) mass is 361 g/mol. The lowest BCUT2D eigenvalue weighted by atomic mass is 9.99. The summed E-state index contributed by atoms with van der Waals surface area (Å²) in [6.45, 7) is 0. The van der Waals surface area contributed by atoms with Gasteiger partial charge in [0.15, 0.2) is 12.0 Å². The third-order valence-electron chi connectivity index (χ3n) is 4.13. The number of carbonyl (C=O) groups excluding carboxylic acids is 2. The Kier molecular flexibility index (Phi) is 5.94. The molecule has 27 heavy (non-hydrogen) atoms. The number of hydrogen-bond acceptors (Lipinski definition) is 5. The molecule has 136 valence electrons. The average molecular weight is 361 g/mol. The summed E-state index contributed by atoms with van der Waals surface area (Å²) in [4.78, 5) is 29.2. The lowest BCUT2D eigenvalue weighted by Crippen LogP contribution is -2.27. The van der Waals surface area contributed by atoms with E-state index in [9.17, 15) is 9.59 Å². The van der Waals surface area contributed by atoms with E-state index in [0.29, 0.717) is 5.56 Å². The maximum absolute atomic E-state index is 13.0. The van der Waals surface area contributed by atoms with Gasteiger partial charge in [0.2, 0.25) is 0 Å². The van der Waals surface area contributed by atoms with Crippen LogP contribution in [0.1, 0.15) is 28.7 Å². The number of pyridine rings is 1. The van der Waals surface area contributed by atoms with E-state index in [1.807, 2.05) is 60.7 Å². The highest BCUT2D eigenvalue weighted by atomic mass is 16.6. The summed E-state index contributed by atoms with van der Waals surface area (Å²) < 4.78 is 10.6. The molecule has 2 aromatic carbocycles. The maximum atomic E-state index is 13.0. The zero-order chi connectivity index (χ0) is 19.1. The molecular formula is C22H19NO4. The lowest BCUT2D eigenvalue weighted by Gasteiger charge is -2.22. The van der Waals surface area contributed by atoms with Gasteiger partial charge in [0.05, 0.1) is 7.11 Å². The molecule has 5 heteroatoms. The molecule has 3 aromatic rings. The predicted molar refractivity (Wildman–Crippen MR) is 99.8 cm³/mol. The van der Waals surface area contributed by atoms with Crippen molar-refractivity contribution in [2.45, 2.75) is 12.0 Å². The largest absolute Gasteiger partial charge is 0.468 e. The number of aromatic nitrogens is 1. The summed E-state index contributed by atoms with van der Waals surface area (Å²) in [6, 6.07) is 22.1. The van der Waals surface area contributed by atoms with Gasteiger partial charge in [0.25, 0.3) is 0 Å². The van der Waals surface area contributed by atoms with E-state index in [1.54, 1.807) is 18.3 Å². The molecule has 0 aliphatic heterocycles. The van der Waals surface area contributed by atoms with Crippen LogP contribution in [0, 0.1) is 0 Å². The second-order valence-corrected chi connectivity index (χ2v) is 5.88. The van der Waals surface area contributed by atoms with Gasteiger partial charge in [0, 0.05) is 12.4 Å². The third kappa shape index (κ3) is 4.39. The molecular weight excluding hydrogens is 342 g/mol. The highest BCUT2D eigenvalue weighted by molar-refractivity contribution is 6.00. The first-order valence-corrected chi connectivity index (χ1v) is 8.49. The number of esters is 2. The van der Waals surface area contributed by atoms with Gasteiger partial charge in [-0.05, 0) is 22.8 Å². The van der Waals surface area contributed by atoms with Crippen LogP contribution < -0.4 is 0 Å². The Bertz CT molecular complexity index is 842. The molecule has 0 bridgehead atoms. The number of carbonyl (C=O) groups is 2. The van der Waals surface area contributed by atoms with E-state index in [1.165, 1.54) is 13.3 Å². The van der Waals surface area contributed by atoms with Crippen LogP contribution in [0.5, 0.6) is 0 Å². The van der Waals surface area contributed by atoms with Crippen LogP contribution in [0.25, 0.3) is 0 Å². The van der Waals surface area contributed by atoms with E-state index in [2.05, 4.69) is 4.98 Å². The molecule has 0 aliphatic rings. The molecule has 3 rings (SSSR count). The smallest absolute Gasteiger partial charge is 0.325 e. The van der Waals surface area contributed by atoms with Crippen molar-refractivity contribution in [3.8, 4) is 0 Å². The molecule has 0 amide bonds. The molecule has 5 nitrogen and oxygen atoms in total. The second-order valence-electron chi connectivity index (χ2n) is 5.88. The number of nitrogens with zero attached hydrogens (tertiary/aromatic N) is 1. The van der Waals surface area contributed by atoms with Crippen LogP contribution >= 0.6 is 0 Å². The average Bonchev–Trinajstić information content (AvgIpc) is 2.74. The zero-order valence-corrected chi connectivity index (χ0v) is 14.8. The summed E-state index contributed by atoms with van der Waals surface area (Å²) in [5, 5.41) is 0. The molecule has 0 saturated heterocycles. The van der Waals surface area contributed by atoms with Crippen molar-refractivity contribution in [2.24, 2.45) is 0 Å². The van der Waals surface area contributed by atoms with Gasteiger partial charge in [-0.25, -0.2) is 0 Å². The standard InChI is InChI=1S/C22H19NO4/c1-26-21(24)19(18-13-8-14-23-15-18)22(25)27-20(16-9-4-2-5-10-16)17-11-6-3-7-12-17/h2-15,19-20H,1H3. The van der Waals surface area contributed by atoms with Gasteiger partial charge in [-0.2, -0.15) is 0 Å². The van der Waals surface area contributed by atoms with Crippen LogP contribution in [0.4, 0.5) is 0 Å². The fraction of sp³-hybridized carbons (Fsp3) is 0.136. The SMILES string of the molecule is COC(=O)C(C(=O)OC(c1ccccc1)c1ccccc1)c1cccnc1. The van der Waals surface area contributed by atoms with Crippen molar-refractivity contribution in [1.82, 2.24) is 4.98 Å². The zero-order valence-electron chi connectivity index (χ0n) is 14.8. The normalized spacial score (nSPS) is 11.6. The highest BCUT2D eigenvalue weighted by Crippen LogP contribution is 2.29. The molecule has 0 fully saturated rings. The molecule has 1 unspecified atom stereocenters. The van der Waals surface area contributed by atoms with Gasteiger partial charge in [0.1, 0.15) is 0 Å². The van der Waals surface area contributed by atoms with Crippen LogP contribution in [0.2, 0.25) is 0 Å². The Morgan fingerprint density at radius 3 is 1.81 bits per heavy atom. The van der Waals surface area contributed by atoms with Gasteiger partial charge in [-0.15, -0.1) is 0 Å². The van der Waals surface area contributed by atoms with E-state index >= 15 is 0 Å². The van der Waals surface area contributed by atoms with E-state index < -0.39 is 24.0 Å². The number of methoxy groups -OCH3 is 1. The molecule has 0 N–H and O–H groups in total. The van der Waals surface area contributed by atoms with Crippen LogP contribution in [-0.4, -0.2) is 24.0 Å². The fourth-order valence-electron chi connectivity index (χ4n) is 2.80.